The maximum absolute atomic E-state index is 13.1. The number of halogens is 2. The Balaban J connectivity index is 2.03. The van der Waals surface area contributed by atoms with Crippen molar-refractivity contribution in [3.63, 3.8) is 0 Å². The van der Waals surface area contributed by atoms with E-state index in [0.717, 1.165) is 24.8 Å². The van der Waals surface area contributed by atoms with Crippen molar-refractivity contribution in [2.24, 2.45) is 0 Å². The van der Waals surface area contributed by atoms with E-state index < -0.39 is 0 Å². The van der Waals surface area contributed by atoms with Gasteiger partial charge in [-0.2, -0.15) is 0 Å². The second-order valence-electron chi connectivity index (χ2n) is 4.91. The van der Waals surface area contributed by atoms with Crippen LogP contribution < -0.4 is 5.32 Å². The fourth-order valence-electron chi connectivity index (χ4n) is 2.47. The summed E-state index contributed by atoms with van der Waals surface area (Å²) in [6, 6.07) is 5.14. The van der Waals surface area contributed by atoms with Gasteiger partial charge in [0.1, 0.15) is 5.82 Å². The van der Waals surface area contributed by atoms with Crippen molar-refractivity contribution in [3.05, 3.63) is 34.6 Å². The first kappa shape index (κ1) is 13.8. The van der Waals surface area contributed by atoms with Gasteiger partial charge in [0.25, 0.3) is 0 Å². The average Bonchev–Trinajstić information content (AvgIpc) is 2.77. The number of hydrogen-bond acceptors (Lipinski definition) is 2. The zero-order valence-corrected chi connectivity index (χ0v) is 11.5. The Morgan fingerprint density at radius 1 is 1.50 bits per heavy atom. The van der Waals surface area contributed by atoms with Crippen LogP contribution in [0.2, 0.25) is 5.02 Å². The largest absolute Gasteiger partial charge is 0.374 e. The Morgan fingerprint density at radius 3 is 2.83 bits per heavy atom. The molecule has 3 atom stereocenters. The quantitative estimate of drug-likeness (QED) is 0.908. The van der Waals surface area contributed by atoms with E-state index in [1.165, 1.54) is 6.07 Å². The second-order valence-corrected chi connectivity index (χ2v) is 5.32. The minimum absolute atomic E-state index is 0.183. The molecule has 4 heteroatoms. The SMILES string of the molecule is CNC(Cc1ccc(F)c(Cl)c1)C1CCC(C)O1. The van der Waals surface area contributed by atoms with Crippen molar-refractivity contribution in [2.45, 2.75) is 44.4 Å². The lowest BCUT2D eigenvalue weighted by molar-refractivity contribution is 0.0337. The number of nitrogens with one attached hydrogen (secondary N) is 1. The molecule has 1 heterocycles. The zero-order chi connectivity index (χ0) is 13.1. The fourth-order valence-corrected chi connectivity index (χ4v) is 2.67. The lowest BCUT2D eigenvalue weighted by Crippen LogP contribution is -2.39. The third-order valence-corrected chi connectivity index (χ3v) is 3.81. The van der Waals surface area contributed by atoms with E-state index in [9.17, 15) is 4.39 Å². The molecule has 18 heavy (non-hydrogen) atoms. The van der Waals surface area contributed by atoms with E-state index in [2.05, 4.69) is 12.2 Å². The highest BCUT2D eigenvalue weighted by Gasteiger charge is 2.28. The van der Waals surface area contributed by atoms with Crippen LogP contribution in [0.3, 0.4) is 0 Å². The maximum atomic E-state index is 13.1. The maximum Gasteiger partial charge on any atom is 0.141 e. The van der Waals surface area contributed by atoms with Crippen LogP contribution in [-0.4, -0.2) is 25.3 Å². The molecule has 3 unspecified atom stereocenters. The van der Waals surface area contributed by atoms with E-state index in [0.29, 0.717) is 6.10 Å². The minimum Gasteiger partial charge on any atom is -0.374 e. The van der Waals surface area contributed by atoms with Gasteiger partial charge in [0.2, 0.25) is 0 Å². The van der Waals surface area contributed by atoms with Crippen molar-refractivity contribution in [1.82, 2.24) is 5.32 Å². The molecule has 1 N–H and O–H groups in total. The average molecular weight is 272 g/mol. The summed E-state index contributed by atoms with van der Waals surface area (Å²) in [7, 11) is 1.93. The van der Waals surface area contributed by atoms with Crippen LogP contribution >= 0.6 is 11.6 Å². The molecule has 0 amide bonds. The Kier molecular flexibility index (Phi) is 4.60. The summed E-state index contributed by atoms with van der Waals surface area (Å²) in [6.07, 6.45) is 3.54. The number of rotatable bonds is 4. The third-order valence-electron chi connectivity index (χ3n) is 3.52. The Hall–Kier alpha value is -0.640. The van der Waals surface area contributed by atoms with Crippen LogP contribution in [0.1, 0.15) is 25.3 Å². The number of ether oxygens (including phenoxy) is 1. The van der Waals surface area contributed by atoms with E-state index in [1.807, 2.05) is 7.05 Å². The molecule has 1 aliphatic heterocycles. The molecule has 0 spiro atoms. The molecule has 0 bridgehead atoms. The standard InChI is InChI=1S/C14H19ClFNO/c1-9-3-6-14(18-9)13(17-2)8-10-4-5-12(16)11(15)7-10/h4-5,7,9,13-14,17H,3,6,8H2,1-2H3. The van der Waals surface area contributed by atoms with Gasteiger partial charge < -0.3 is 10.1 Å². The van der Waals surface area contributed by atoms with Crippen molar-refractivity contribution >= 4 is 11.6 Å². The predicted molar refractivity (Wildman–Crippen MR) is 71.5 cm³/mol. The first-order valence-electron chi connectivity index (χ1n) is 6.37. The van der Waals surface area contributed by atoms with Crippen LogP contribution in [0.25, 0.3) is 0 Å². The normalized spacial score (nSPS) is 25.3. The molecule has 0 aliphatic carbocycles. The van der Waals surface area contributed by atoms with Gasteiger partial charge in [-0.15, -0.1) is 0 Å². The summed E-state index contributed by atoms with van der Waals surface area (Å²) in [5, 5.41) is 3.47. The Bertz CT molecular complexity index is 413. The van der Waals surface area contributed by atoms with Crippen molar-refractivity contribution in [1.29, 1.82) is 0 Å². The molecule has 1 fully saturated rings. The van der Waals surface area contributed by atoms with Gasteiger partial charge in [0.05, 0.1) is 17.2 Å². The molecule has 1 saturated heterocycles. The van der Waals surface area contributed by atoms with Gasteiger partial charge in [-0.3, -0.25) is 0 Å². The molecule has 0 saturated carbocycles. The molecular weight excluding hydrogens is 253 g/mol. The highest BCUT2D eigenvalue weighted by molar-refractivity contribution is 6.30. The molecule has 1 aromatic carbocycles. The van der Waals surface area contributed by atoms with Gasteiger partial charge in [0.15, 0.2) is 0 Å². The number of hydrogen-bond donors (Lipinski definition) is 1. The summed E-state index contributed by atoms with van der Waals surface area (Å²) in [5.74, 6) is -0.368. The highest BCUT2D eigenvalue weighted by Crippen LogP contribution is 2.24. The summed E-state index contributed by atoms with van der Waals surface area (Å²) < 4.78 is 19.0. The first-order valence-corrected chi connectivity index (χ1v) is 6.74. The molecule has 2 nitrogen and oxygen atoms in total. The zero-order valence-electron chi connectivity index (χ0n) is 10.7. The summed E-state index contributed by atoms with van der Waals surface area (Å²) in [4.78, 5) is 0. The van der Waals surface area contributed by atoms with Crippen LogP contribution in [0.4, 0.5) is 4.39 Å². The van der Waals surface area contributed by atoms with Crippen LogP contribution in [-0.2, 0) is 11.2 Å². The van der Waals surface area contributed by atoms with E-state index in [1.54, 1.807) is 12.1 Å². The Morgan fingerprint density at radius 2 is 2.28 bits per heavy atom. The smallest absolute Gasteiger partial charge is 0.141 e. The van der Waals surface area contributed by atoms with Gasteiger partial charge in [-0.25, -0.2) is 4.39 Å². The van der Waals surface area contributed by atoms with E-state index in [4.69, 9.17) is 16.3 Å². The van der Waals surface area contributed by atoms with Crippen molar-refractivity contribution < 1.29 is 9.13 Å². The summed E-state index contributed by atoms with van der Waals surface area (Å²) in [6.45, 7) is 2.10. The summed E-state index contributed by atoms with van der Waals surface area (Å²) >= 11 is 5.80. The molecule has 1 aliphatic rings. The van der Waals surface area contributed by atoms with Crippen molar-refractivity contribution in [2.75, 3.05) is 7.05 Å². The first-order chi connectivity index (χ1) is 8.60. The topological polar surface area (TPSA) is 21.3 Å². The number of likely N-dealkylation sites (N-methyl/N-ethyl adjacent to an activating group) is 1. The van der Waals surface area contributed by atoms with Gasteiger partial charge >= 0.3 is 0 Å². The van der Waals surface area contributed by atoms with Crippen LogP contribution in [0.5, 0.6) is 0 Å². The molecule has 1 aromatic rings. The highest BCUT2D eigenvalue weighted by atomic mass is 35.5. The second kappa shape index (κ2) is 6.00. The van der Waals surface area contributed by atoms with Crippen LogP contribution in [0.15, 0.2) is 18.2 Å². The van der Waals surface area contributed by atoms with Gasteiger partial charge in [0, 0.05) is 6.04 Å². The van der Waals surface area contributed by atoms with Gasteiger partial charge in [-0.05, 0) is 50.9 Å². The predicted octanol–water partition coefficient (Wildman–Crippen LogP) is 3.18. The monoisotopic (exact) mass is 271 g/mol. The molecule has 2 rings (SSSR count). The van der Waals surface area contributed by atoms with E-state index >= 15 is 0 Å². The number of benzene rings is 1. The minimum atomic E-state index is -0.368. The third kappa shape index (κ3) is 3.22. The molecule has 0 aromatic heterocycles. The lowest BCUT2D eigenvalue weighted by atomic mass is 9.99. The van der Waals surface area contributed by atoms with Crippen molar-refractivity contribution in [3.8, 4) is 0 Å². The fraction of sp³-hybridized carbons (Fsp3) is 0.571. The molecular formula is C14H19ClFNO. The van der Waals surface area contributed by atoms with Crippen LogP contribution in [0, 0.1) is 5.82 Å². The summed E-state index contributed by atoms with van der Waals surface area (Å²) in [5.41, 5.74) is 1.03. The lowest BCUT2D eigenvalue weighted by Gasteiger charge is -2.23. The van der Waals surface area contributed by atoms with Gasteiger partial charge in [-0.1, -0.05) is 17.7 Å². The molecule has 100 valence electrons. The Labute approximate surface area is 112 Å². The molecule has 0 radical (unpaired) electrons. The van der Waals surface area contributed by atoms with E-state index in [-0.39, 0.29) is 23.0 Å².